The molecular formula is C16H34N2. The average molecular weight is 254 g/mol. The van der Waals surface area contributed by atoms with Gasteiger partial charge in [0.05, 0.1) is 0 Å². The number of nitrogens with one attached hydrogen (secondary N) is 1. The van der Waals surface area contributed by atoms with Crippen LogP contribution in [-0.2, 0) is 0 Å². The number of hydrogen-bond donors (Lipinski definition) is 1. The van der Waals surface area contributed by atoms with E-state index in [9.17, 15) is 0 Å². The molecule has 0 aromatic carbocycles. The molecule has 1 N–H and O–H groups in total. The van der Waals surface area contributed by atoms with E-state index in [4.69, 9.17) is 0 Å². The lowest BCUT2D eigenvalue weighted by atomic mass is 9.78. The quantitative estimate of drug-likeness (QED) is 0.728. The monoisotopic (exact) mass is 254 g/mol. The summed E-state index contributed by atoms with van der Waals surface area (Å²) in [6, 6.07) is 0. The first-order chi connectivity index (χ1) is 8.46. The van der Waals surface area contributed by atoms with Gasteiger partial charge < -0.3 is 10.2 Å². The maximum absolute atomic E-state index is 3.45. The Labute approximate surface area is 115 Å². The smallest absolute Gasteiger partial charge is 0.0147 e. The van der Waals surface area contributed by atoms with Crippen LogP contribution in [-0.4, -0.2) is 37.6 Å². The first-order valence-electron chi connectivity index (χ1n) is 7.82. The van der Waals surface area contributed by atoms with Gasteiger partial charge in [-0.05, 0) is 52.6 Å². The van der Waals surface area contributed by atoms with Crippen molar-refractivity contribution in [1.82, 2.24) is 10.2 Å². The molecule has 0 aromatic heterocycles. The third-order valence-corrected chi connectivity index (χ3v) is 5.19. The molecule has 0 amide bonds. The van der Waals surface area contributed by atoms with Crippen LogP contribution in [0.25, 0.3) is 0 Å². The Bertz CT molecular complexity index is 227. The van der Waals surface area contributed by atoms with E-state index in [1.54, 1.807) is 0 Å². The van der Waals surface area contributed by atoms with Crippen LogP contribution in [0.5, 0.6) is 0 Å². The molecule has 18 heavy (non-hydrogen) atoms. The first-order valence-corrected chi connectivity index (χ1v) is 7.82. The molecule has 0 bridgehead atoms. The molecular weight excluding hydrogens is 220 g/mol. The zero-order valence-corrected chi connectivity index (χ0v) is 13.3. The van der Waals surface area contributed by atoms with Gasteiger partial charge in [0.25, 0.3) is 0 Å². The predicted octanol–water partition coefficient (Wildman–Crippen LogP) is 3.67. The van der Waals surface area contributed by atoms with Crippen LogP contribution in [0, 0.1) is 5.41 Å². The third-order valence-electron chi connectivity index (χ3n) is 5.19. The molecule has 0 saturated heterocycles. The van der Waals surface area contributed by atoms with Crippen LogP contribution < -0.4 is 5.32 Å². The number of rotatable bonds is 6. The summed E-state index contributed by atoms with van der Waals surface area (Å²) in [5.41, 5.74) is 0.833. The van der Waals surface area contributed by atoms with Crippen molar-refractivity contribution in [2.24, 2.45) is 5.41 Å². The van der Waals surface area contributed by atoms with E-state index >= 15 is 0 Å². The summed E-state index contributed by atoms with van der Waals surface area (Å²) in [6.07, 6.45) is 9.73. The lowest BCUT2D eigenvalue weighted by Gasteiger charge is -2.43. The highest BCUT2D eigenvalue weighted by molar-refractivity contribution is 4.89. The summed E-state index contributed by atoms with van der Waals surface area (Å²) in [6.45, 7) is 9.47. The molecule has 0 unspecified atom stereocenters. The van der Waals surface area contributed by atoms with Crippen LogP contribution in [0.3, 0.4) is 0 Å². The molecule has 2 heteroatoms. The van der Waals surface area contributed by atoms with Gasteiger partial charge in [0.2, 0.25) is 0 Å². The standard InChI is InChI=1S/C16H34N2/c1-6-15(2,3)18(5)14-16(13-17-4)11-9-7-8-10-12-16/h17H,6-14H2,1-5H3. The molecule has 2 nitrogen and oxygen atoms in total. The van der Waals surface area contributed by atoms with E-state index in [1.165, 1.54) is 58.0 Å². The van der Waals surface area contributed by atoms with Gasteiger partial charge in [-0.1, -0.05) is 32.6 Å². The summed E-state index contributed by atoms with van der Waals surface area (Å²) in [7, 11) is 4.42. The molecule has 108 valence electrons. The first kappa shape index (κ1) is 16.0. The van der Waals surface area contributed by atoms with E-state index in [1.807, 2.05) is 0 Å². The minimum atomic E-state index is 0.326. The molecule has 0 radical (unpaired) electrons. The van der Waals surface area contributed by atoms with Gasteiger partial charge in [-0.2, -0.15) is 0 Å². The van der Waals surface area contributed by atoms with E-state index in [2.05, 4.69) is 45.1 Å². The zero-order valence-electron chi connectivity index (χ0n) is 13.3. The van der Waals surface area contributed by atoms with Gasteiger partial charge in [0.15, 0.2) is 0 Å². The van der Waals surface area contributed by atoms with E-state index in [-0.39, 0.29) is 0 Å². The van der Waals surface area contributed by atoms with E-state index in [0.717, 1.165) is 0 Å². The number of nitrogens with zero attached hydrogens (tertiary/aromatic N) is 1. The summed E-state index contributed by atoms with van der Waals surface area (Å²) < 4.78 is 0. The predicted molar refractivity (Wildman–Crippen MR) is 81.1 cm³/mol. The van der Waals surface area contributed by atoms with Gasteiger partial charge in [-0.3, -0.25) is 0 Å². The molecule has 1 rings (SSSR count). The molecule has 1 saturated carbocycles. The van der Waals surface area contributed by atoms with Gasteiger partial charge >= 0.3 is 0 Å². The molecule has 0 aromatic rings. The Morgan fingerprint density at radius 2 is 1.67 bits per heavy atom. The minimum Gasteiger partial charge on any atom is -0.319 e. The van der Waals surface area contributed by atoms with Crippen molar-refractivity contribution in [3.8, 4) is 0 Å². The summed E-state index contributed by atoms with van der Waals surface area (Å²) in [4.78, 5) is 2.59. The fourth-order valence-electron chi connectivity index (χ4n) is 3.23. The van der Waals surface area contributed by atoms with Gasteiger partial charge in [-0.25, -0.2) is 0 Å². The Morgan fingerprint density at radius 3 is 2.11 bits per heavy atom. The van der Waals surface area contributed by atoms with Crippen molar-refractivity contribution in [2.75, 3.05) is 27.2 Å². The van der Waals surface area contributed by atoms with Crippen LogP contribution in [0.2, 0.25) is 0 Å². The van der Waals surface area contributed by atoms with Gasteiger partial charge in [0, 0.05) is 18.6 Å². The lowest BCUT2D eigenvalue weighted by molar-refractivity contribution is 0.0715. The summed E-state index contributed by atoms with van der Waals surface area (Å²) in [5.74, 6) is 0. The van der Waals surface area contributed by atoms with Gasteiger partial charge in [0.1, 0.15) is 0 Å². The number of hydrogen-bond acceptors (Lipinski definition) is 2. The van der Waals surface area contributed by atoms with Crippen molar-refractivity contribution in [3.05, 3.63) is 0 Å². The lowest BCUT2D eigenvalue weighted by Crippen LogP contribution is -2.49. The molecule has 0 aliphatic heterocycles. The van der Waals surface area contributed by atoms with Crippen LogP contribution in [0.15, 0.2) is 0 Å². The fraction of sp³-hybridized carbons (Fsp3) is 1.00. The van der Waals surface area contributed by atoms with E-state index in [0.29, 0.717) is 11.0 Å². The maximum atomic E-state index is 3.45. The zero-order chi connectivity index (χ0) is 13.6. The second kappa shape index (κ2) is 6.91. The summed E-state index contributed by atoms with van der Waals surface area (Å²) in [5, 5.41) is 3.45. The van der Waals surface area contributed by atoms with E-state index < -0.39 is 0 Å². The summed E-state index contributed by atoms with van der Waals surface area (Å²) >= 11 is 0. The van der Waals surface area contributed by atoms with Crippen LogP contribution in [0.4, 0.5) is 0 Å². The fourth-order valence-corrected chi connectivity index (χ4v) is 3.23. The second-order valence-electron chi connectivity index (χ2n) is 6.97. The average Bonchev–Trinajstić information content (AvgIpc) is 2.55. The maximum Gasteiger partial charge on any atom is 0.0147 e. The Hall–Kier alpha value is -0.0800. The topological polar surface area (TPSA) is 15.3 Å². The van der Waals surface area contributed by atoms with Gasteiger partial charge in [-0.15, -0.1) is 0 Å². The van der Waals surface area contributed by atoms with Crippen molar-refractivity contribution < 1.29 is 0 Å². The SMILES string of the molecule is CCC(C)(C)N(C)CC1(CNC)CCCCCC1. The van der Waals surface area contributed by atoms with Crippen LogP contribution in [0.1, 0.15) is 65.7 Å². The second-order valence-corrected chi connectivity index (χ2v) is 6.97. The van der Waals surface area contributed by atoms with Crippen molar-refractivity contribution in [1.29, 1.82) is 0 Å². The largest absolute Gasteiger partial charge is 0.319 e. The molecule has 0 heterocycles. The highest BCUT2D eigenvalue weighted by atomic mass is 15.2. The van der Waals surface area contributed by atoms with Crippen LogP contribution >= 0.6 is 0 Å². The molecule has 1 aliphatic rings. The third kappa shape index (κ3) is 4.24. The Balaban J connectivity index is 2.71. The molecule has 0 atom stereocenters. The molecule has 1 aliphatic carbocycles. The Morgan fingerprint density at radius 1 is 1.11 bits per heavy atom. The molecule has 0 spiro atoms. The highest BCUT2D eigenvalue weighted by Crippen LogP contribution is 2.36. The van der Waals surface area contributed by atoms with Crippen molar-refractivity contribution in [3.63, 3.8) is 0 Å². The van der Waals surface area contributed by atoms with Crippen molar-refractivity contribution >= 4 is 0 Å². The molecule has 1 fully saturated rings. The normalized spacial score (nSPS) is 21.0. The van der Waals surface area contributed by atoms with Crippen molar-refractivity contribution in [2.45, 2.75) is 71.3 Å². The minimum absolute atomic E-state index is 0.326. The Kier molecular flexibility index (Phi) is 6.13. The highest BCUT2D eigenvalue weighted by Gasteiger charge is 2.34.